The van der Waals surface area contributed by atoms with Crippen LogP contribution in [0, 0.1) is 0 Å². The third-order valence-corrected chi connectivity index (χ3v) is 2.11. The van der Waals surface area contributed by atoms with Crippen molar-refractivity contribution in [3.63, 3.8) is 0 Å². The lowest BCUT2D eigenvalue weighted by atomic mass is 10.1. The number of carbonyl (C=O) groups excluding carboxylic acids is 1. The number of fused-ring (bicyclic) bond motifs is 1. The summed E-state index contributed by atoms with van der Waals surface area (Å²) >= 11 is 0. The van der Waals surface area contributed by atoms with Gasteiger partial charge in [0, 0.05) is 11.1 Å². The lowest BCUT2D eigenvalue weighted by molar-refractivity contribution is 0.104. The molecule has 0 spiro atoms. The summed E-state index contributed by atoms with van der Waals surface area (Å²) in [6.07, 6.45) is 0.942. The Morgan fingerprint density at radius 2 is 1.86 bits per heavy atom. The molecule has 2 N–H and O–H groups in total. The van der Waals surface area contributed by atoms with Crippen LogP contribution in [0.25, 0.3) is 5.76 Å². The van der Waals surface area contributed by atoms with E-state index in [1.54, 1.807) is 24.3 Å². The van der Waals surface area contributed by atoms with Crippen LogP contribution in [0.2, 0.25) is 0 Å². The number of carbonyl (C=O) groups is 1. The molecule has 1 aromatic carbocycles. The van der Waals surface area contributed by atoms with Crippen molar-refractivity contribution in [3.05, 3.63) is 41.0 Å². The average Bonchev–Trinajstić information content (AvgIpc) is 2.45. The number of hydrogen-bond donors (Lipinski definition) is 2. The van der Waals surface area contributed by atoms with E-state index >= 15 is 0 Å². The van der Waals surface area contributed by atoms with Crippen molar-refractivity contribution in [1.82, 2.24) is 0 Å². The van der Waals surface area contributed by atoms with Gasteiger partial charge in [-0.2, -0.15) is 0 Å². The zero-order valence-electron chi connectivity index (χ0n) is 7.14. The fraction of sp³-hybridized carbons (Fsp3) is 0. The minimum atomic E-state index is -0.323. The van der Waals surface area contributed by atoms with Crippen LogP contribution < -0.4 is 0 Å². The fourth-order valence-corrected chi connectivity index (χ4v) is 1.46. The number of aliphatic hydroxyl groups excluding tert-OH is 1. The lowest BCUT2D eigenvalue weighted by Crippen LogP contribution is -1.99. The highest BCUT2D eigenvalue weighted by Gasteiger charge is 2.27. The summed E-state index contributed by atoms with van der Waals surface area (Å²) in [5.74, 6) is -0.459. The molecule has 0 amide bonds. The first kappa shape index (κ1) is 8.50. The Balaban J connectivity index is 2.63. The van der Waals surface area contributed by atoms with Gasteiger partial charge in [0.25, 0.3) is 0 Å². The molecule has 1 aliphatic rings. The zero-order valence-corrected chi connectivity index (χ0v) is 7.14. The van der Waals surface area contributed by atoms with Crippen molar-refractivity contribution in [2.45, 2.75) is 0 Å². The molecule has 0 heterocycles. The van der Waals surface area contributed by atoms with Crippen molar-refractivity contribution in [3.8, 4) is 0 Å². The fourth-order valence-electron chi connectivity index (χ4n) is 1.46. The molecule has 2 rings (SSSR count). The van der Waals surface area contributed by atoms with Crippen molar-refractivity contribution >= 4 is 17.8 Å². The number of aliphatic hydroxyl groups is 1. The molecule has 0 atom stereocenters. The van der Waals surface area contributed by atoms with E-state index in [4.69, 9.17) is 5.21 Å². The first-order valence-corrected chi connectivity index (χ1v) is 4.00. The maximum absolute atomic E-state index is 11.6. The van der Waals surface area contributed by atoms with Crippen molar-refractivity contribution in [2.75, 3.05) is 0 Å². The van der Waals surface area contributed by atoms with Crippen LogP contribution in [0.1, 0.15) is 15.9 Å². The van der Waals surface area contributed by atoms with E-state index in [1.165, 1.54) is 0 Å². The van der Waals surface area contributed by atoms with E-state index in [0.29, 0.717) is 11.1 Å². The molecule has 1 aromatic rings. The molecule has 4 nitrogen and oxygen atoms in total. The second-order valence-corrected chi connectivity index (χ2v) is 2.88. The van der Waals surface area contributed by atoms with Gasteiger partial charge >= 0.3 is 0 Å². The summed E-state index contributed by atoms with van der Waals surface area (Å²) < 4.78 is 0. The van der Waals surface area contributed by atoms with E-state index in [1.807, 2.05) is 0 Å². The highest BCUT2D eigenvalue weighted by atomic mass is 16.4. The molecule has 70 valence electrons. The topological polar surface area (TPSA) is 69.9 Å². The second-order valence-electron chi connectivity index (χ2n) is 2.88. The summed E-state index contributed by atoms with van der Waals surface area (Å²) in [6, 6.07) is 6.69. The normalized spacial score (nSPS) is 15.3. The third-order valence-electron chi connectivity index (χ3n) is 2.11. The van der Waals surface area contributed by atoms with Gasteiger partial charge in [-0.25, -0.2) is 0 Å². The maximum atomic E-state index is 11.6. The van der Waals surface area contributed by atoms with Crippen LogP contribution in [0.5, 0.6) is 0 Å². The van der Waals surface area contributed by atoms with Crippen LogP contribution >= 0.6 is 0 Å². The van der Waals surface area contributed by atoms with E-state index in [2.05, 4.69) is 5.16 Å². The number of benzene rings is 1. The molecular weight excluding hydrogens is 182 g/mol. The average molecular weight is 189 g/mol. The van der Waals surface area contributed by atoms with Crippen LogP contribution in [0.3, 0.4) is 0 Å². The summed E-state index contributed by atoms with van der Waals surface area (Å²) in [4.78, 5) is 11.6. The molecule has 4 heteroatoms. The summed E-state index contributed by atoms with van der Waals surface area (Å²) in [7, 11) is 0. The number of hydrogen-bond acceptors (Lipinski definition) is 4. The number of rotatable bonds is 1. The quantitative estimate of drug-likeness (QED) is 0.400. The number of Topliss-reactive ketones (excluding diaryl/α,β-unsaturated/α-hetero) is 1. The Kier molecular flexibility index (Phi) is 1.81. The predicted molar refractivity (Wildman–Crippen MR) is 50.6 cm³/mol. The van der Waals surface area contributed by atoms with Gasteiger partial charge in [-0.05, 0) is 0 Å². The van der Waals surface area contributed by atoms with Gasteiger partial charge in [-0.1, -0.05) is 29.4 Å². The van der Waals surface area contributed by atoms with E-state index in [-0.39, 0.29) is 17.1 Å². The van der Waals surface area contributed by atoms with E-state index in [9.17, 15) is 9.90 Å². The lowest BCUT2D eigenvalue weighted by Gasteiger charge is -1.95. The van der Waals surface area contributed by atoms with Gasteiger partial charge in [0.2, 0.25) is 0 Å². The Bertz CT molecular complexity index is 460. The molecule has 0 unspecified atom stereocenters. The van der Waals surface area contributed by atoms with Crippen LogP contribution in [0.4, 0.5) is 0 Å². The number of allylic oxidation sites excluding steroid dienone is 1. The minimum Gasteiger partial charge on any atom is -0.506 e. The Morgan fingerprint density at radius 1 is 1.21 bits per heavy atom. The molecule has 0 saturated carbocycles. The largest absolute Gasteiger partial charge is 0.506 e. The second kappa shape index (κ2) is 2.99. The monoisotopic (exact) mass is 189 g/mol. The minimum absolute atomic E-state index is 0.0219. The van der Waals surface area contributed by atoms with Gasteiger partial charge in [0.15, 0.2) is 5.78 Å². The molecule has 14 heavy (non-hydrogen) atoms. The molecule has 1 aliphatic carbocycles. The van der Waals surface area contributed by atoms with Crippen LogP contribution in [-0.2, 0) is 0 Å². The highest BCUT2D eigenvalue weighted by Crippen LogP contribution is 2.29. The standard InChI is InChI=1S/C10H7NO3/c12-9-6-3-1-2-4-7(6)10(13)8(9)5-11-14/h1-5,12,14H/b11-5+. The van der Waals surface area contributed by atoms with Crippen molar-refractivity contribution < 1.29 is 15.1 Å². The molecular formula is C10H7NO3. The van der Waals surface area contributed by atoms with Crippen molar-refractivity contribution in [1.29, 1.82) is 0 Å². The number of ketones is 1. The van der Waals surface area contributed by atoms with Crippen molar-refractivity contribution in [2.24, 2.45) is 5.16 Å². The maximum Gasteiger partial charge on any atom is 0.199 e. The molecule has 0 radical (unpaired) electrons. The van der Waals surface area contributed by atoms with Gasteiger partial charge in [-0.15, -0.1) is 0 Å². The Hall–Kier alpha value is -2.10. The SMILES string of the molecule is O=C1C(/C=N/O)=C(O)c2ccccc21. The molecule has 0 aliphatic heterocycles. The van der Waals surface area contributed by atoms with Gasteiger partial charge in [-0.3, -0.25) is 4.79 Å². The van der Waals surface area contributed by atoms with Gasteiger partial charge in [0.05, 0.1) is 11.8 Å². The van der Waals surface area contributed by atoms with Crippen LogP contribution in [-0.4, -0.2) is 22.3 Å². The predicted octanol–water partition coefficient (Wildman–Crippen LogP) is 1.61. The van der Waals surface area contributed by atoms with E-state index in [0.717, 1.165) is 6.21 Å². The summed E-state index contributed by atoms with van der Waals surface area (Å²) in [6.45, 7) is 0. The summed E-state index contributed by atoms with van der Waals surface area (Å²) in [5.41, 5.74) is 0.931. The zero-order chi connectivity index (χ0) is 10.1. The third kappa shape index (κ3) is 1.01. The molecule has 0 bridgehead atoms. The number of nitrogens with zero attached hydrogens (tertiary/aromatic N) is 1. The Labute approximate surface area is 79.8 Å². The first-order valence-electron chi connectivity index (χ1n) is 4.00. The number of oxime groups is 1. The summed E-state index contributed by atoms with van der Waals surface area (Å²) in [5, 5.41) is 20.7. The van der Waals surface area contributed by atoms with E-state index < -0.39 is 0 Å². The molecule has 0 aromatic heterocycles. The molecule has 0 saturated heterocycles. The smallest absolute Gasteiger partial charge is 0.199 e. The molecule has 0 fully saturated rings. The van der Waals surface area contributed by atoms with Gasteiger partial charge in [0.1, 0.15) is 5.76 Å². The Morgan fingerprint density at radius 3 is 2.43 bits per heavy atom. The first-order chi connectivity index (χ1) is 6.75. The highest BCUT2D eigenvalue weighted by molar-refractivity contribution is 6.30. The van der Waals surface area contributed by atoms with Crippen LogP contribution in [0.15, 0.2) is 35.0 Å². The van der Waals surface area contributed by atoms with Gasteiger partial charge < -0.3 is 10.3 Å².